The Morgan fingerprint density at radius 1 is 0.950 bits per heavy atom. The molecule has 0 saturated carbocycles. The number of hydrogen-bond donors (Lipinski definition) is 0. The highest BCUT2D eigenvalue weighted by Crippen LogP contribution is 2.25. The molecule has 0 aliphatic carbocycles. The zero-order chi connectivity index (χ0) is 30.0. The predicted octanol–water partition coefficient (Wildman–Crippen LogP) is 2.91. The number of halogens is 5. The second kappa shape index (κ2) is 11.7. The van der Waals surface area contributed by atoms with Gasteiger partial charge in [-0.1, -0.05) is 0 Å². The quantitative estimate of drug-likeness (QED) is 0.282. The van der Waals surface area contributed by atoms with Crippen LogP contribution < -0.4 is 0 Å². The molecule has 0 N–H and O–H groups in total. The Kier molecular flexibility index (Phi) is 9.19. The van der Waals surface area contributed by atoms with Crippen LogP contribution in [0, 0.1) is 0 Å². The van der Waals surface area contributed by atoms with Gasteiger partial charge in [0.25, 0.3) is 21.9 Å². The van der Waals surface area contributed by atoms with E-state index in [-0.39, 0.29) is 18.1 Å². The van der Waals surface area contributed by atoms with Crippen LogP contribution in [-0.2, 0) is 50.0 Å². The lowest BCUT2D eigenvalue weighted by molar-refractivity contribution is 0.0239. The number of ether oxygens (including phenoxy) is 1. The molecule has 0 bridgehead atoms. The van der Waals surface area contributed by atoms with Crippen LogP contribution in [0.5, 0.6) is 0 Å². The van der Waals surface area contributed by atoms with Gasteiger partial charge < -0.3 is 4.74 Å². The van der Waals surface area contributed by atoms with E-state index in [1.807, 2.05) is 0 Å². The molecule has 222 valence electrons. The average molecular weight is 634 g/mol. The van der Waals surface area contributed by atoms with E-state index in [1.165, 1.54) is 17.3 Å². The third-order valence-electron chi connectivity index (χ3n) is 4.85. The number of amides is 1. The van der Waals surface area contributed by atoms with Gasteiger partial charge in [-0.2, -0.15) is 27.8 Å². The van der Waals surface area contributed by atoms with E-state index in [0.717, 1.165) is 31.8 Å². The van der Waals surface area contributed by atoms with Gasteiger partial charge in [0, 0.05) is 34.8 Å². The normalized spacial score (nSPS) is 13.9. The van der Waals surface area contributed by atoms with Gasteiger partial charge in [-0.3, -0.25) is 14.3 Å². The Balaban J connectivity index is 0.000000285. The second-order valence-corrected chi connectivity index (χ2v) is 13.5. The first-order chi connectivity index (χ1) is 18.3. The van der Waals surface area contributed by atoms with Gasteiger partial charge in [0.05, 0.1) is 18.8 Å². The summed E-state index contributed by atoms with van der Waals surface area (Å²) in [6.45, 7) is 4.19. The summed E-state index contributed by atoms with van der Waals surface area (Å²) < 4.78 is 102. The second-order valence-electron chi connectivity index (χ2n) is 9.29. The number of rotatable bonds is 7. The highest BCUT2D eigenvalue weighted by molar-refractivity contribution is 8.13. The third kappa shape index (κ3) is 8.17. The average Bonchev–Trinajstić information content (AvgIpc) is 3.55. The summed E-state index contributed by atoms with van der Waals surface area (Å²) in [7, 11) is -3.11. The number of aromatic nitrogens is 6. The summed E-state index contributed by atoms with van der Waals surface area (Å²) in [5.74, 6) is 0. The van der Waals surface area contributed by atoms with Crippen LogP contribution in [-0.4, -0.2) is 75.0 Å². The minimum absolute atomic E-state index is 0.118. The molecule has 3 aromatic heterocycles. The number of hydrogen-bond acceptors (Lipinski definition) is 9. The minimum Gasteiger partial charge on any atom is -0.444 e. The van der Waals surface area contributed by atoms with Crippen molar-refractivity contribution >= 4 is 35.8 Å². The van der Waals surface area contributed by atoms with Crippen LogP contribution in [0.4, 0.5) is 22.4 Å². The van der Waals surface area contributed by atoms with E-state index in [0.29, 0.717) is 11.3 Å². The Hall–Kier alpha value is -3.19. The summed E-state index contributed by atoms with van der Waals surface area (Å²) >= 11 is 0. The van der Waals surface area contributed by atoms with Crippen LogP contribution in [0.3, 0.4) is 0 Å². The van der Waals surface area contributed by atoms with Crippen molar-refractivity contribution in [3.8, 4) is 0 Å². The van der Waals surface area contributed by atoms with Crippen molar-refractivity contribution in [3.63, 3.8) is 0 Å². The van der Waals surface area contributed by atoms with Gasteiger partial charge in [0.15, 0.2) is 10.1 Å². The molecule has 1 aliphatic heterocycles. The van der Waals surface area contributed by atoms with Gasteiger partial charge in [0.1, 0.15) is 18.7 Å². The van der Waals surface area contributed by atoms with Crippen molar-refractivity contribution in [2.45, 2.75) is 75.5 Å². The maximum absolute atomic E-state index is 12.6. The Morgan fingerprint density at radius 2 is 1.48 bits per heavy atom. The van der Waals surface area contributed by atoms with Gasteiger partial charge in [-0.05, 0) is 32.9 Å². The lowest BCUT2D eigenvalue weighted by Gasteiger charge is -2.24. The molecule has 0 aromatic carbocycles. The fourth-order valence-corrected chi connectivity index (χ4v) is 5.02. The molecule has 0 atom stereocenters. The maximum atomic E-state index is 12.6. The van der Waals surface area contributed by atoms with Crippen molar-refractivity contribution in [1.82, 2.24) is 33.6 Å². The fourth-order valence-electron chi connectivity index (χ4n) is 3.24. The Labute approximate surface area is 230 Å². The van der Waals surface area contributed by atoms with Crippen molar-refractivity contribution in [2.75, 3.05) is 0 Å². The lowest BCUT2D eigenvalue weighted by atomic mass is 10.2. The summed E-state index contributed by atoms with van der Waals surface area (Å²) in [5, 5.41) is 10.2. The zero-order valence-electron chi connectivity index (χ0n) is 21.2. The molecule has 4 rings (SSSR count). The van der Waals surface area contributed by atoms with Crippen LogP contribution >= 0.6 is 10.7 Å². The SMILES string of the molecule is CC(C)(C)OC(=O)N1Cc2cn(S(=O)(=O)c3ccn(CC(F)F)n3)nc2C1.O=S(=O)(Cl)c1ccn(CC(F)F)n1. The molecule has 1 aliphatic rings. The molecule has 0 saturated heterocycles. The summed E-state index contributed by atoms with van der Waals surface area (Å²) in [6.07, 6.45) is -2.15. The summed E-state index contributed by atoms with van der Waals surface area (Å²) in [6, 6.07) is 2.20. The van der Waals surface area contributed by atoms with Crippen molar-refractivity contribution in [3.05, 3.63) is 42.0 Å². The molecule has 4 heterocycles. The molecular formula is C20H24ClF4N7O6S2. The molecule has 20 heteroatoms. The number of carbonyl (C=O) groups excluding carboxylic acids is 1. The van der Waals surface area contributed by atoms with E-state index in [4.69, 9.17) is 15.4 Å². The van der Waals surface area contributed by atoms with Gasteiger partial charge in [0.2, 0.25) is 0 Å². The minimum atomic E-state index is -4.10. The highest BCUT2D eigenvalue weighted by atomic mass is 35.7. The fraction of sp³-hybridized carbons (Fsp3) is 0.500. The highest BCUT2D eigenvalue weighted by Gasteiger charge is 2.32. The van der Waals surface area contributed by atoms with E-state index >= 15 is 0 Å². The molecule has 13 nitrogen and oxygen atoms in total. The van der Waals surface area contributed by atoms with E-state index < -0.39 is 61.7 Å². The molecule has 0 fully saturated rings. The van der Waals surface area contributed by atoms with Crippen LogP contribution in [0.15, 0.2) is 40.8 Å². The third-order valence-corrected chi connectivity index (χ3v) is 7.47. The molecular weight excluding hydrogens is 610 g/mol. The molecule has 0 spiro atoms. The first kappa shape index (κ1) is 31.3. The maximum Gasteiger partial charge on any atom is 0.410 e. The van der Waals surface area contributed by atoms with Crippen LogP contribution in [0.25, 0.3) is 0 Å². The molecule has 40 heavy (non-hydrogen) atoms. The predicted molar refractivity (Wildman–Crippen MR) is 130 cm³/mol. The van der Waals surface area contributed by atoms with E-state index in [1.54, 1.807) is 20.8 Å². The first-order valence-corrected chi connectivity index (χ1v) is 15.0. The molecule has 0 unspecified atom stereocenters. The molecule has 3 aromatic rings. The van der Waals surface area contributed by atoms with Gasteiger partial charge in [-0.15, -0.1) is 0 Å². The number of nitrogens with zero attached hydrogens (tertiary/aromatic N) is 7. The monoisotopic (exact) mass is 633 g/mol. The molecule has 1 amide bonds. The van der Waals surface area contributed by atoms with Gasteiger partial charge >= 0.3 is 16.1 Å². The number of alkyl halides is 4. The van der Waals surface area contributed by atoms with Crippen LogP contribution in [0.2, 0.25) is 0 Å². The van der Waals surface area contributed by atoms with Crippen molar-refractivity contribution < 1.29 is 43.9 Å². The Morgan fingerprint density at radius 3 is 1.93 bits per heavy atom. The van der Waals surface area contributed by atoms with Crippen molar-refractivity contribution in [1.29, 1.82) is 0 Å². The zero-order valence-corrected chi connectivity index (χ0v) is 23.5. The van der Waals surface area contributed by atoms with Crippen LogP contribution in [0.1, 0.15) is 32.0 Å². The lowest BCUT2D eigenvalue weighted by Crippen LogP contribution is -2.33. The molecule has 0 radical (unpaired) electrons. The smallest absolute Gasteiger partial charge is 0.410 e. The standard InChI is InChI=1S/C15H19F2N5O4S.C5H5ClF2N2O2S/c1-15(2,3)26-14(23)20-6-10-7-22(18-11(10)8-20)27(24,25)13-4-5-21(19-13)9-12(16)17;6-13(11,12)5-1-2-10(9-5)3-4(7)8/h4-5,7,12H,6,8-9H2,1-3H3;1-2,4H,3H2. The van der Waals surface area contributed by atoms with Gasteiger partial charge in [-0.25, -0.2) is 30.8 Å². The van der Waals surface area contributed by atoms with E-state index in [9.17, 15) is 39.2 Å². The topological polar surface area (TPSA) is 151 Å². The van der Waals surface area contributed by atoms with Crippen molar-refractivity contribution in [2.24, 2.45) is 0 Å². The summed E-state index contributed by atoms with van der Waals surface area (Å²) in [4.78, 5) is 13.5. The Bertz CT molecular complexity index is 1540. The summed E-state index contributed by atoms with van der Waals surface area (Å²) in [5.41, 5.74) is 0.352. The largest absolute Gasteiger partial charge is 0.444 e. The number of carbonyl (C=O) groups is 1. The van der Waals surface area contributed by atoms with E-state index in [2.05, 4.69) is 15.3 Å². The first-order valence-electron chi connectivity index (χ1n) is 11.2. The number of fused-ring (bicyclic) bond motifs is 1.